The number of hydrogen-bond donors (Lipinski definition) is 3. The zero-order valence-electron chi connectivity index (χ0n) is 35.1. The van der Waals surface area contributed by atoms with Gasteiger partial charge in [-0.15, -0.1) is 0 Å². The van der Waals surface area contributed by atoms with Gasteiger partial charge in [-0.25, -0.2) is 0 Å². The summed E-state index contributed by atoms with van der Waals surface area (Å²) in [4.78, 5) is 25.9. The highest BCUT2D eigenvalue weighted by Crippen LogP contribution is 2.16. The minimum Gasteiger partial charge on any atom is -0.462 e. The third-order valence-corrected chi connectivity index (χ3v) is 9.65. The molecule has 6 heteroatoms. The smallest absolute Gasteiger partial charge is 0.306 e. The Morgan fingerprint density at radius 3 is 1.59 bits per heavy atom. The van der Waals surface area contributed by atoms with Crippen LogP contribution in [0.1, 0.15) is 194 Å². The van der Waals surface area contributed by atoms with Crippen LogP contribution in [0.5, 0.6) is 0 Å². The van der Waals surface area contributed by atoms with Gasteiger partial charge < -0.3 is 20.3 Å². The Morgan fingerprint density at radius 2 is 1.04 bits per heavy atom. The Hall–Kier alpha value is -2.70. The highest BCUT2D eigenvalue weighted by Gasteiger charge is 2.23. The second-order valence-electron chi connectivity index (χ2n) is 14.8. The molecule has 1 amide bonds. The molecule has 6 nitrogen and oxygen atoms in total. The lowest BCUT2D eigenvalue weighted by Gasteiger charge is -2.24. The third kappa shape index (κ3) is 36.3. The quantitative estimate of drug-likeness (QED) is 0.0252. The Kier molecular flexibility index (Phi) is 39.4. The van der Waals surface area contributed by atoms with Gasteiger partial charge >= 0.3 is 5.97 Å². The number of esters is 1. The van der Waals surface area contributed by atoms with E-state index >= 15 is 0 Å². The number of unbranched alkanes of at least 4 members (excludes halogenated alkanes) is 18. The first-order valence-electron chi connectivity index (χ1n) is 22.2. The van der Waals surface area contributed by atoms with E-state index in [0.29, 0.717) is 19.3 Å². The molecule has 0 rings (SSSR count). The first-order chi connectivity index (χ1) is 26.5. The maximum atomic E-state index is 13.1. The van der Waals surface area contributed by atoms with E-state index in [1.54, 1.807) is 0 Å². The molecule has 0 heterocycles. The average molecular weight is 754 g/mol. The largest absolute Gasteiger partial charge is 0.462 e. The Balaban J connectivity index is 4.78. The summed E-state index contributed by atoms with van der Waals surface area (Å²) in [6, 6.07) is -0.727. The number of aliphatic hydroxyl groups excluding tert-OH is 2. The van der Waals surface area contributed by atoms with Gasteiger partial charge in [-0.3, -0.25) is 9.59 Å². The number of allylic oxidation sites excluding steroid dienone is 12. The molecule has 0 aromatic carbocycles. The molecule has 54 heavy (non-hydrogen) atoms. The van der Waals surface area contributed by atoms with Gasteiger partial charge in [0.25, 0.3) is 0 Å². The van der Waals surface area contributed by atoms with Crippen molar-refractivity contribution in [2.24, 2.45) is 0 Å². The van der Waals surface area contributed by atoms with Crippen LogP contribution in [0.4, 0.5) is 0 Å². The van der Waals surface area contributed by atoms with E-state index in [-0.39, 0.29) is 24.9 Å². The predicted octanol–water partition coefficient (Wildman–Crippen LogP) is 12.7. The van der Waals surface area contributed by atoms with Crippen molar-refractivity contribution in [2.45, 2.75) is 212 Å². The highest BCUT2D eigenvalue weighted by atomic mass is 16.5. The average Bonchev–Trinajstić information content (AvgIpc) is 3.16. The molecule has 0 saturated carbocycles. The van der Waals surface area contributed by atoms with Crippen LogP contribution in [0.2, 0.25) is 0 Å². The van der Waals surface area contributed by atoms with Crippen LogP contribution in [0.15, 0.2) is 72.9 Å². The number of ether oxygens (including phenoxy) is 1. The van der Waals surface area contributed by atoms with E-state index < -0.39 is 18.2 Å². The van der Waals surface area contributed by atoms with Crippen LogP contribution < -0.4 is 5.32 Å². The van der Waals surface area contributed by atoms with Gasteiger partial charge in [-0.05, 0) is 64.2 Å². The molecular weight excluding hydrogens is 671 g/mol. The summed E-state index contributed by atoms with van der Waals surface area (Å²) in [6.07, 6.45) is 51.1. The zero-order chi connectivity index (χ0) is 39.6. The fourth-order valence-electron chi connectivity index (χ4n) is 6.27. The molecule has 310 valence electrons. The molecular formula is C48H83NO5. The monoisotopic (exact) mass is 754 g/mol. The lowest BCUT2D eigenvalue weighted by Crippen LogP contribution is -2.46. The van der Waals surface area contributed by atoms with E-state index in [9.17, 15) is 19.8 Å². The van der Waals surface area contributed by atoms with Crippen molar-refractivity contribution in [1.29, 1.82) is 0 Å². The molecule has 0 fully saturated rings. The zero-order valence-corrected chi connectivity index (χ0v) is 35.1. The molecule has 0 bridgehead atoms. The van der Waals surface area contributed by atoms with E-state index in [1.165, 1.54) is 77.0 Å². The minimum atomic E-state index is -0.808. The SMILES string of the molecule is CC/C=C/C=C/C=C\C=C/C=C/CCCC(CC(=O)NC(CO)C(O)CCCCCCCCCCC)OC(=O)CCCCC/C=C\CCCCCCCC. The van der Waals surface area contributed by atoms with Crippen molar-refractivity contribution in [3.05, 3.63) is 72.9 Å². The van der Waals surface area contributed by atoms with Crippen molar-refractivity contribution in [2.75, 3.05) is 6.61 Å². The van der Waals surface area contributed by atoms with Gasteiger partial charge in [-0.1, -0.05) is 190 Å². The van der Waals surface area contributed by atoms with Crippen molar-refractivity contribution in [3.8, 4) is 0 Å². The normalized spacial score (nSPS) is 14.1. The Bertz CT molecular complexity index is 1030. The maximum Gasteiger partial charge on any atom is 0.306 e. The van der Waals surface area contributed by atoms with Crippen LogP contribution in [0, 0.1) is 0 Å². The number of aliphatic hydroxyl groups is 2. The summed E-state index contributed by atoms with van der Waals surface area (Å²) >= 11 is 0. The van der Waals surface area contributed by atoms with Gasteiger partial charge in [0.15, 0.2) is 0 Å². The summed E-state index contributed by atoms with van der Waals surface area (Å²) in [5, 5.41) is 23.5. The van der Waals surface area contributed by atoms with E-state index in [1.807, 2.05) is 48.6 Å². The summed E-state index contributed by atoms with van der Waals surface area (Å²) in [7, 11) is 0. The van der Waals surface area contributed by atoms with Crippen LogP contribution in [0.3, 0.4) is 0 Å². The maximum absolute atomic E-state index is 13.1. The molecule has 0 aromatic heterocycles. The first kappa shape index (κ1) is 51.3. The first-order valence-corrected chi connectivity index (χ1v) is 22.2. The highest BCUT2D eigenvalue weighted by molar-refractivity contribution is 5.77. The molecule has 3 N–H and O–H groups in total. The van der Waals surface area contributed by atoms with Gasteiger partial charge in [0.05, 0.1) is 25.2 Å². The molecule has 3 atom stereocenters. The van der Waals surface area contributed by atoms with Crippen molar-refractivity contribution >= 4 is 11.9 Å². The van der Waals surface area contributed by atoms with Crippen molar-refractivity contribution in [3.63, 3.8) is 0 Å². The molecule has 3 unspecified atom stereocenters. The summed E-state index contributed by atoms with van der Waals surface area (Å²) in [5.74, 6) is -0.574. The number of amides is 1. The lowest BCUT2D eigenvalue weighted by atomic mass is 10.0. The summed E-state index contributed by atoms with van der Waals surface area (Å²) < 4.78 is 5.85. The molecule has 0 aliphatic heterocycles. The van der Waals surface area contributed by atoms with Crippen molar-refractivity contribution in [1.82, 2.24) is 5.32 Å². The molecule has 0 aliphatic carbocycles. The van der Waals surface area contributed by atoms with E-state index in [4.69, 9.17) is 4.74 Å². The molecule has 0 aliphatic rings. The van der Waals surface area contributed by atoms with E-state index in [2.05, 4.69) is 50.4 Å². The number of carbonyl (C=O) groups excluding carboxylic acids is 2. The number of carbonyl (C=O) groups is 2. The summed E-state index contributed by atoms with van der Waals surface area (Å²) in [5.41, 5.74) is 0. The van der Waals surface area contributed by atoms with Crippen LogP contribution in [-0.2, 0) is 14.3 Å². The van der Waals surface area contributed by atoms with Gasteiger partial charge in [0.1, 0.15) is 6.10 Å². The fraction of sp³-hybridized carbons (Fsp3) is 0.708. The fourth-order valence-corrected chi connectivity index (χ4v) is 6.27. The van der Waals surface area contributed by atoms with E-state index in [0.717, 1.165) is 70.6 Å². The van der Waals surface area contributed by atoms with Gasteiger partial charge in [0, 0.05) is 6.42 Å². The van der Waals surface area contributed by atoms with Crippen LogP contribution in [-0.4, -0.2) is 46.9 Å². The lowest BCUT2D eigenvalue weighted by molar-refractivity contribution is -0.151. The van der Waals surface area contributed by atoms with Crippen molar-refractivity contribution < 1.29 is 24.5 Å². The van der Waals surface area contributed by atoms with Crippen LogP contribution >= 0.6 is 0 Å². The molecule has 0 aromatic rings. The Morgan fingerprint density at radius 1 is 0.556 bits per heavy atom. The predicted molar refractivity (Wildman–Crippen MR) is 231 cm³/mol. The second-order valence-corrected chi connectivity index (χ2v) is 14.8. The van der Waals surface area contributed by atoms with Crippen LogP contribution in [0.25, 0.3) is 0 Å². The second kappa shape index (κ2) is 41.5. The van der Waals surface area contributed by atoms with Gasteiger partial charge in [0.2, 0.25) is 5.91 Å². The number of hydrogen-bond acceptors (Lipinski definition) is 5. The number of nitrogens with one attached hydrogen (secondary N) is 1. The van der Waals surface area contributed by atoms with Gasteiger partial charge in [-0.2, -0.15) is 0 Å². The topological polar surface area (TPSA) is 95.9 Å². The molecule has 0 saturated heterocycles. The molecule has 0 spiro atoms. The third-order valence-electron chi connectivity index (χ3n) is 9.65. The minimum absolute atomic E-state index is 0.0196. The standard InChI is InChI=1S/C48H83NO5/c1-4-7-10-13-16-19-21-23-25-28-30-33-36-39-44(54-48(53)41-38-35-32-29-26-24-22-20-17-14-11-8-5-2)42-47(52)49-45(43-50)46(51)40-37-34-31-27-18-15-12-9-6-3/h7,10,13,16,19,21,23-26,28,30,44-46,50-51H,4-6,8-9,11-12,14-15,17-18,20,22,27,29,31-43H2,1-3H3,(H,49,52)/b10-7+,16-13+,21-19-,25-23-,26-24-,30-28+. The molecule has 0 radical (unpaired) electrons. The summed E-state index contributed by atoms with van der Waals surface area (Å²) in [6.45, 7) is 6.26. The Labute approximate surface area is 332 Å². The number of rotatable bonds is 38.